The molecule has 4 heteroatoms. The zero-order chi connectivity index (χ0) is 12.1. The van der Waals surface area contributed by atoms with Crippen LogP contribution >= 0.6 is 0 Å². The quantitative estimate of drug-likeness (QED) is 0.828. The van der Waals surface area contributed by atoms with Crippen LogP contribution in [-0.2, 0) is 11.3 Å². The lowest BCUT2D eigenvalue weighted by Crippen LogP contribution is -2.54. The molecule has 0 spiro atoms. The first-order valence-corrected chi connectivity index (χ1v) is 6.17. The highest BCUT2D eigenvalue weighted by Gasteiger charge is 2.34. The second-order valence-electron chi connectivity index (χ2n) is 4.76. The van der Waals surface area contributed by atoms with Gasteiger partial charge in [-0.25, -0.2) is 0 Å². The maximum atomic E-state index is 12.0. The normalized spacial score (nSPS) is 18.6. The number of pyridine rings is 1. The molecule has 4 nitrogen and oxygen atoms in total. The lowest BCUT2D eigenvalue weighted by atomic mass is 9.82. The van der Waals surface area contributed by atoms with Gasteiger partial charge >= 0.3 is 0 Å². The van der Waals surface area contributed by atoms with E-state index < -0.39 is 5.54 Å². The molecule has 1 saturated carbocycles. The number of carbonyl (C=O) groups is 1. The molecule has 0 aliphatic heterocycles. The molecule has 0 bridgehead atoms. The van der Waals surface area contributed by atoms with E-state index in [1.165, 1.54) is 6.42 Å². The fourth-order valence-corrected chi connectivity index (χ4v) is 2.27. The summed E-state index contributed by atoms with van der Waals surface area (Å²) in [5.74, 6) is -0.0268. The predicted octanol–water partition coefficient (Wildman–Crippen LogP) is 1.36. The molecule has 1 aromatic heterocycles. The number of carbonyl (C=O) groups excluding carboxylic acids is 1. The summed E-state index contributed by atoms with van der Waals surface area (Å²) in [6, 6.07) is 3.80. The molecule has 1 aromatic rings. The molecule has 0 saturated heterocycles. The van der Waals surface area contributed by atoms with Crippen molar-refractivity contribution < 1.29 is 4.79 Å². The topological polar surface area (TPSA) is 68.0 Å². The molecule has 0 unspecified atom stereocenters. The average Bonchev–Trinajstić information content (AvgIpc) is 2.38. The molecule has 1 aliphatic rings. The Bertz CT molecular complexity index is 372. The second kappa shape index (κ2) is 5.27. The average molecular weight is 233 g/mol. The lowest BCUT2D eigenvalue weighted by Gasteiger charge is -2.31. The summed E-state index contributed by atoms with van der Waals surface area (Å²) in [6.07, 6.45) is 8.36. The van der Waals surface area contributed by atoms with Gasteiger partial charge in [0.1, 0.15) is 0 Å². The standard InChI is InChI=1S/C13H19N3O/c14-13(6-2-1-3-7-13)12(17)16-10-11-5-4-8-15-9-11/h4-5,8-9H,1-3,6-7,10,14H2,(H,16,17). The summed E-state index contributed by atoms with van der Waals surface area (Å²) in [6.45, 7) is 0.506. The number of nitrogens with one attached hydrogen (secondary N) is 1. The van der Waals surface area contributed by atoms with Gasteiger partial charge in [-0.2, -0.15) is 0 Å². The van der Waals surface area contributed by atoms with Crippen molar-refractivity contribution in [3.05, 3.63) is 30.1 Å². The van der Waals surface area contributed by atoms with Gasteiger partial charge in [-0.05, 0) is 24.5 Å². The highest BCUT2D eigenvalue weighted by molar-refractivity contribution is 5.86. The van der Waals surface area contributed by atoms with Crippen LogP contribution in [0.5, 0.6) is 0 Å². The highest BCUT2D eigenvalue weighted by atomic mass is 16.2. The van der Waals surface area contributed by atoms with Crippen LogP contribution in [0.4, 0.5) is 0 Å². The number of aromatic nitrogens is 1. The Morgan fingerprint density at radius 2 is 2.18 bits per heavy atom. The SMILES string of the molecule is NC1(C(=O)NCc2cccnc2)CCCCC1. The summed E-state index contributed by atoms with van der Waals surface area (Å²) >= 11 is 0. The summed E-state index contributed by atoms with van der Waals surface area (Å²) < 4.78 is 0. The minimum Gasteiger partial charge on any atom is -0.350 e. The molecule has 17 heavy (non-hydrogen) atoms. The van der Waals surface area contributed by atoms with Gasteiger partial charge in [-0.15, -0.1) is 0 Å². The van der Waals surface area contributed by atoms with E-state index >= 15 is 0 Å². The van der Waals surface area contributed by atoms with Crippen LogP contribution in [-0.4, -0.2) is 16.4 Å². The van der Waals surface area contributed by atoms with Gasteiger partial charge in [0.2, 0.25) is 5.91 Å². The minimum absolute atomic E-state index is 0.0268. The lowest BCUT2D eigenvalue weighted by molar-refractivity contribution is -0.127. The fourth-order valence-electron chi connectivity index (χ4n) is 2.27. The first-order chi connectivity index (χ1) is 8.21. The Kier molecular flexibility index (Phi) is 3.74. The van der Waals surface area contributed by atoms with Gasteiger partial charge in [0.05, 0.1) is 5.54 Å². The first kappa shape index (κ1) is 12.0. The van der Waals surface area contributed by atoms with E-state index in [2.05, 4.69) is 10.3 Å². The van der Waals surface area contributed by atoms with Crippen molar-refractivity contribution in [1.82, 2.24) is 10.3 Å². The first-order valence-electron chi connectivity index (χ1n) is 6.17. The van der Waals surface area contributed by atoms with E-state index in [9.17, 15) is 4.79 Å². The van der Waals surface area contributed by atoms with Crippen molar-refractivity contribution in [2.45, 2.75) is 44.2 Å². The minimum atomic E-state index is -0.652. The van der Waals surface area contributed by atoms with Crippen LogP contribution in [0.3, 0.4) is 0 Å². The molecular formula is C13H19N3O. The summed E-state index contributed by atoms with van der Waals surface area (Å²) in [5.41, 5.74) is 6.49. The van der Waals surface area contributed by atoms with Crippen LogP contribution in [0.25, 0.3) is 0 Å². The van der Waals surface area contributed by atoms with Crippen LogP contribution in [0, 0.1) is 0 Å². The maximum Gasteiger partial charge on any atom is 0.240 e. The van der Waals surface area contributed by atoms with Gasteiger partial charge in [-0.1, -0.05) is 25.3 Å². The molecule has 1 aliphatic carbocycles. The van der Waals surface area contributed by atoms with E-state index in [4.69, 9.17) is 5.73 Å². The Hall–Kier alpha value is -1.42. The number of nitrogens with two attached hydrogens (primary N) is 1. The smallest absolute Gasteiger partial charge is 0.240 e. The highest BCUT2D eigenvalue weighted by Crippen LogP contribution is 2.25. The summed E-state index contributed by atoms with van der Waals surface area (Å²) in [7, 11) is 0. The third-order valence-electron chi connectivity index (χ3n) is 3.37. The zero-order valence-corrected chi connectivity index (χ0v) is 9.98. The van der Waals surface area contributed by atoms with Gasteiger partial charge in [-0.3, -0.25) is 9.78 Å². The third kappa shape index (κ3) is 3.03. The molecule has 1 amide bonds. The van der Waals surface area contributed by atoms with Crippen molar-refractivity contribution in [3.8, 4) is 0 Å². The third-order valence-corrected chi connectivity index (χ3v) is 3.37. The van der Waals surface area contributed by atoms with Crippen molar-refractivity contribution in [1.29, 1.82) is 0 Å². The van der Waals surface area contributed by atoms with E-state index in [1.807, 2.05) is 12.1 Å². The number of hydrogen-bond acceptors (Lipinski definition) is 3. The van der Waals surface area contributed by atoms with Gasteiger partial charge in [0.15, 0.2) is 0 Å². The van der Waals surface area contributed by atoms with Crippen molar-refractivity contribution in [3.63, 3.8) is 0 Å². The molecule has 3 N–H and O–H groups in total. The molecule has 2 rings (SSSR count). The predicted molar refractivity (Wildman–Crippen MR) is 66.1 cm³/mol. The fraction of sp³-hybridized carbons (Fsp3) is 0.538. The summed E-state index contributed by atoms with van der Waals surface area (Å²) in [4.78, 5) is 16.0. The molecule has 92 valence electrons. The molecule has 0 radical (unpaired) electrons. The van der Waals surface area contributed by atoms with E-state index in [0.29, 0.717) is 6.54 Å². The monoisotopic (exact) mass is 233 g/mol. The zero-order valence-electron chi connectivity index (χ0n) is 9.98. The molecule has 1 fully saturated rings. The van der Waals surface area contributed by atoms with Gasteiger partial charge in [0, 0.05) is 18.9 Å². The van der Waals surface area contributed by atoms with Crippen LogP contribution in [0.2, 0.25) is 0 Å². The number of amides is 1. The van der Waals surface area contributed by atoms with Gasteiger partial charge in [0.25, 0.3) is 0 Å². The Labute approximate surface area is 102 Å². The molecule has 0 atom stereocenters. The van der Waals surface area contributed by atoms with E-state index in [-0.39, 0.29) is 5.91 Å². The number of rotatable bonds is 3. The van der Waals surface area contributed by atoms with Crippen LogP contribution in [0.15, 0.2) is 24.5 Å². The maximum absolute atomic E-state index is 12.0. The Morgan fingerprint density at radius 3 is 2.82 bits per heavy atom. The van der Waals surface area contributed by atoms with Crippen molar-refractivity contribution in [2.75, 3.05) is 0 Å². The van der Waals surface area contributed by atoms with Crippen LogP contribution in [0.1, 0.15) is 37.7 Å². The van der Waals surface area contributed by atoms with E-state index in [0.717, 1.165) is 31.2 Å². The molecule has 1 heterocycles. The van der Waals surface area contributed by atoms with Gasteiger partial charge < -0.3 is 11.1 Å². The van der Waals surface area contributed by atoms with E-state index in [1.54, 1.807) is 12.4 Å². The Balaban J connectivity index is 1.88. The number of hydrogen-bond donors (Lipinski definition) is 2. The van der Waals surface area contributed by atoms with Crippen molar-refractivity contribution >= 4 is 5.91 Å². The number of nitrogens with zero attached hydrogens (tertiary/aromatic N) is 1. The molecular weight excluding hydrogens is 214 g/mol. The largest absolute Gasteiger partial charge is 0.350 e. The second-order valence-corrected chi connectivity index (χ2v) is 4.76. The van der Waals surface area contributed by atoms with Crippen molar-refractivity contribution in [2.24, 2.45) is 5.73 Å². The Morgan fingerprint density at radius 1 is 1.41 bits per heavy atom. The van der Waals surface area contributed by atoms with Crippen LogP contribution < -0.4 is 11.1 Å². The summed E-state index contributed by atoms with van der Waals surface area (Å²) in [5, 5.41) is 2.91. The molecule has 0 aromatic carbocycles.